The monoisotopic (exact) mass is 326 g/mol. The summed E-state index contributed by atoms with van der Waals surface area (Å²) in [5.41, 5.74) is 0.461. The third-order valence-electron chi connectivity index (χ3n) is 2.27. The first-order chi connectivity index (χ1) is 9.74. The van der Waals surface area contributed by atoms with E-state index in [2.05, 4.69) is 21.6 Å². The molecule has 1 aromatic heterocycles. The molecule has 0 aliphatic carbocycles. The van der Waals surface area contributed by atoms with Crippen LogP contribution in [0.1, 0.15) is 5.56 Å². The van der Waals surface area contributed by atoms with Gasteiger partial charge in [0.05, 0.1) is 17.2 Å². The van der Waals surface area contributed by atoms with Crippen LogP contribution in [0.15, 0.2) is 27.4 Å². The number of nitriles is 1. The Morgan fingerprint density at radius 1 is 1.50 bits per heavy atom. The molecule has 0 saturated carbocycles. The van der Waals surface area contributed by atoms with Crippen LogP contribution in [0.3, 0.4) is 0 Å². The van der Waals surface area contributed by atoms with Gasteiger partial charge in [0.15, 0.2) is 4.34 Å². The molecule has 0 bridgehead atoms. The van der Waals surface area contributed by atoms with E-state index in [-0.39, 0.29) is 0 Å². The summed E-state index contributed by atoms with van der Waals surface area (Å²) in [6.45, 7) is 1.28. The fourth-order valence-corrected chi connectivity index (χ4v) is 3.50. The molecule has 104 valence electrons. The van der Waals surface area contributed by atoms with Gasteiger partial charge in [0.25, 0.3) is 0 Å². The van der Waals surface area contributed by atoms with Crippen LogP contribution >= 0.6 is 34.7 Å². The number of benzene rings is 1. The number of aromatic nitrogens is 2. The van der Waals surface area contributed by atoms with E-state index >= 15 is 0 Å². The van der Waals surface area contributed by atoms with Crippen molar-refractivity contribution >= 4 is 39.8 Å². The van der Waals surface area contributed by atoms with Crippen molar-refractivity contribution in [3.05, 3.63) is 28.8 Å². The topological polar surface area (TPSA) is 70.8 Å². The highest BCUT2D eigenvalue weighted by Gasteiger charge is 2.11. The van der Waals surface area contributed by atoms with Crippen LogP contribution in [0.2, 0.25) is 5.02 Å². The van der Waals surface area contributed by atoms with Gasteiger partial charge in [0, 0.05) is 18.6 Å². The van der Waals surface area contributed by atoms with Gasteiger partial charge in [-0.1, -0.05) is 40.8 Å². The number of ether oxygens (including phenoxy) is 1. The molecule has 0 aliphatic rings. The van der Waals surface area contributed by atoms with E-state index in [1.165, 1.54) is 23.1 Å². The minimum absolute atomic E-state index is 0.445. The lowest BCUT2D eigenvalue weighted by molar-refractivity contribution is 0.211. The number of nitrogens with one attached hydrogen (secondary N) is 1. The maximum atomic E-state index is 9.12. The lowest BCUT2D eigenvalue weighted by atomic mass is 10.2. The summed E-state index contributed by atoms with van der Waals surface area (Å²) >= 11 is 8.80. The molecule has 0 fully saturated rings. The summed E-state index contributed by atoms with van der Waals surface area (Å²) in [5.74, 6) is 0. The van der Waals surface area contributed by atoms with Crippen LogP contribution in [0.4, 0.5) is 5.13 Å². The molecule has 20 heavy (non-hydrogen) atoms. The third-order valence-corrected chi connectivity index (χ3v) is 4.58. The van der Waals surface area contributed by atoms with Crippen molar-refractivity contribution < 1.29 is 4.74 Å². The highest BCUT2D eigenvalue weighted by molar-refractivity contribution is 8.01. The predicted octanol–water partition coefficient (Wildman–Crippen LogP) is 3.27. The smallest absolute Gasteiger partial charge is 0.206 e. The standard InChI is InChI=1S/C12H11ClN4OS2/c1-18-6-5-15-11-16-17-12(20-11)19-10-4-2-3-9(13)8(10)7-14/h2-4H,5-6H2,1H3,(H,15,16). The van der Waals surface area contributed by atoms with Gasteiger partial charge in [0.2, 0.25) is 5.13 Å². The second-order valence-electron chi connectivity index (χ2n) is 3.62. The van der Waals surface area contributed by atoms with Crippen molar-refractivity contribution in [3.63, 3.8) is 0 Å². The Hall–Kier alpha value is -1.33. The zero-order chi connectivity index (χ0) is 14.4. The summed E-state index contributed by atoms with van der Waals surface area (Å²) < 4.78 is 5.70. The van der Waals surface area contributed by atoms with Gasteiger partial charge in [-0.2, -0.15) is 5.26 Å². The lowest BCUT2D eigenvalue weighted by Crippen LogP contribution is -2.06. The van der Waals surface area contributed by atoms with Crippen molar-refractivity contribution in [3.8, 4) is 6.07 Å². The molecule has 1 N–H and O–H groups in total. The maximum absolute atomic E-state index is 9.12. The van der Waals surface area contributed by atoms with Crippen LogP contribution < -0.4 is 5.32 Å². The summed E-state index contributed by atoms with van der Waals surface area (Å²) in [6.07, 6.45) is 0. The molecule has 5 nitrogen and oxygen atoms in total. The Bertz CT molecular complexity index is 626. The normalized spacial score (nSPS) is 10.2. The lowest BCUT2D eigenvalue weighted by Gasteiger charge is -2.01. The molecule has 0 radical (unpaired) electrons. The first-order valence-electron chi connectivity index (χ1n) is 5.67. The quantitative estimate of drug-likeness (QED) is 0.821. The fraction of sp³-hybridized carbons (Fsp3) is 0.250. The van der Waals surface area contributed by atoms with Crippen LogP contribution in [0.5, 0.6) is 0 Å². The molecule has 8 heteroatoms. The zero-order valence-corrected chi connectivity index (χ0v) is 13.0. The minimum Gasteiger partial charge on any atom is -0.383 e. The fourth-order valence-electron chi connectivity index (χ4n) is 1.37. The average molecular weight is 327 g/mol. The Morgan fingerprint density at radius 2 is 2.35 bits per heavy atom. The van der Waals surface area contributed by atoms with E-state index in [0.29, 0.717) is 23.7 Å². The number of nitrogens with zero attached hydrogens (tertiary/aromatic N) is 3. The molecular formula is C12H11ClN4OS2. The molecular weight excluding hydrogens is 316 g/mol. The second-order valence-corrected chi connectivity index (χ2v) is 6.29. The van der Waals surface area contributed by atoms with E-state index in [1.54, 1.807) is 13.2 Å². The van der Waals surface area contributed by atoms with Gasteiger partial charge in [-0.05, 0) is 12.1 Å². The van der Waals surface area contributed by atoms with Gasteiger partial charge >= 0.3 is 0 Å². The Balaban J connectivity index is 2.08. The van der Waals surface area contributed by atoms with E-state index in [4.69, 9.17) is 21.6 Å². The molecule has 0 unspecified atom stereocenters. The minimum atomic E-state index is 0.445. The van der Waals surface area contributed by atoms with Crippen molar-refractivity contribution in [2.24, 2.45) is 0 Å². The highest BCUT2D eigenvalue weighted by Crippen LogP contribution is 2.35. The zero-order valence-electron chi connectivity index (χ0n) is 10.6. The summed E-state index contributed by atoms with van der Waals surface area (Å²) in [7, 11) is 1.64. The molecule has 0 spiro atoms. The van der Waals surface area contributed by atoms with E-state index in [1.807, 2.05) is 12.1 Å². The molecule has 1 heterocycles. The highest BCUT2D eigenvalue weighted by atomic mass is 35.5. The van der Waals surface area contributed by atoms with Crippen molar-refractivity contribution in [2.75, 3.05) is 25.6 Å². The maximum Gasteiger partial charge on any atom is 0.206 e. The molecule has 0 atom stereocenters. The van der Waals surface area contributed by atoms with Crippen LogP contribution in [-0.2, 0) is 4.74 Å². The third kappa shape index (κ3) is 3.84. The average Bonchev–Trinajstić information content (AvgIpc) is 2.87. The molecule has 1 aromatic carbocycles. The second kappa shape index (κ2) is 7.45. The van der Waals surface area contributed by atoms with Gasteiger partial charge in [-0.15, -0.1) is 10.2 Å². The van der Waals surface area contributed by atoms with Gasteiger partial charge in [-0.25, -0.2) is 0 Å². The SMILES string of the molecule is COCCNc1nnc(Sc2cccc(Cl)c2C#N)s1. The molecule has 0 saturated heterocycles. The first kappa shape index (κ1) is 15.1. The van der Waals surface area contributed by atoms with Crippen LogP contribution in [0.25, 0.3) is 0 Å². The van der Waals surface area contributed by atoms with Crippen molar-refractivity contribution in [1.29, 1.82) is 5.26 Å². The molecule has 0 amide bonds. The number of halogens is 1. The first-order valence-corrected chi connectivity index (χ1v) is 7.68. The Labute approximate surface area is 129 Å². The predicted molar refractivity (Wildman–Crippen MR) is 80.6 cm³/mol. The molecule has 2 aromatic rings. The Kier molecular flexibility index (Phi) is 5.61. The number of hydrogen-bond donors (Lipinski definition) is 1. The summed E-state index contributed by atoms with van der Waals surface area (Å²) in [6, 6.07) is 7.45. The molecule has 0 aliphatic heterocycles. The van der Waals surface area contributed by atoms with Crippen LogP contribution in [0, 0.1) is 11.3 Å². The van der Waals surface area contributed by atoms with Gasteiger partial charge in [-0.3, -0.25) is 0 Å². The number of methoxy groups -OCH3 is 1. The van der Waals surface area contributed by atoms with E-state index < -0.39 is 0 Å². The molecule has 2 rings (SSSR count). The van der Waals surface area contributed by atoms with Gasteiger partial charge in [0.1, 0.15) is 6.07 Å². The van der Waals surface area contributed by atoms with E-state index in [9.17, 15) is 0 Å². The number of hydrogen-bond acceptors (Lipinski definition) is 7. The largest absolute Gasteiger partial charge is 0.383 e. The van der Waals surface area contributed by atoms with E-state index in [0.717, 1.165) is 14.4 Å². The Morgan fingerprint density at radius 3 is 3.10 bits per heavy atom. The summed E-state index contributed by atoms with van der Waals surface area (Å²) in [4.78, 5) is 0.777. The van der Waals surface area contributed by atoms with Gasteiger partial charge < -0.3 is 10.1 Å². The summed E-state index contributed by atoms with van der Waals surface area (Å²) in [5, 5.41) is 21.5. The number of rotatable bonds is 6. The van der Waals surface area contributed by atoms with Crippen LogP contribution in [-0.4, -0.2) is 30.5 Å². The number of anilines is 1. The van der Waals surface area contributed by atoms with Crippen molar-refractivity contribution in [2.45, 2.75) is 9.24 Å². The van der Waals surface area contributed by atoms with Crippen molar-refractivity contribution in [1.82, 2.24) is 10.2 Å².